The van der Waals surface area contributed by atoms with Crippen molar-refractivity contribution in [1.29, 1.82) is 0 Å². The van der Waals surface area contributed by atoms with E-state index in [0.717, 1.165) is 40.5 Å². The van der Waals surface area contributed by atoms with Crippen LogP contribution >= 0.6 is 11.3 Å². The largest absolute Gasteiger partial charge is 0.480 e. The van der Waals surface area contributed by atoms with Crippen molar-refractivity contribution in [2.24, 2.45) is 7.05 Å². The normalized spacial score (nSPS) is 16.1. The summed E-state index contributed by atoms with van der Waals surface area (Å²) >= 11 is 1.62. The molecule has 0 bridgehead atoms. The molecule has 0 fully saturated rings. The van der Waals surface area contributed by atoms with Crippen molar-refractivity contribution >= 4 is 23.0 Å². The smallest absolute Gasteiger partial charge is 0.223 e. The fourth-order valence-electron chi connectivity index (χ4n) is 3.80. The molecule has 0 saturated heterocycles. The molecule has 1 aliphatic rings. The topological polar surface area (TPSA) is 90.2 Å². The van der Waals surface area contributed by atoms with Gasteiger partial charge in [-0.15, -0.1) is 11.3 Å². The number of nitrogens with zero attached hydrogens (tertiary/aromatic N) is 6. The van der Waals surface area contributed by atoms with Crippen LogP contribution < -0.4 is 14.8 Å². The molecule has 1 N–H and O–H groups in total. The first-order valence-electron chi connectivity index (χ1n) is 10.6. The first-order chi connectivity index (χ1) is 16.0. The number of pyridine rings is 2. The van der Waals surface area contributed by atoms with E-state index in [2.05, 4.69) is 32.3 Å². The van der Waals surface area contributed by atoms with Crippen LogP contribution in [0.25, 0.3) is 11.1 Å². The molecule has 4 aromatic rings. The van der Waals surface area contributed by atoms with Gasteiger partial charge in [0.2, 0.25) is 11.8 Å². The Morgan fingerprint density at radius 3 is 2.67 bits per heavy atom. The summed E-state index contributed by atoms with van der Waals surface area (Å²) in [7, 11) is 5.57. The van der Waals surface area contributed by atoms with Crippen LogP contribution in [-0.2, 0) is 13.6 Å². The maximum Gasteiger partial charge on any atom is 0.223 e. The van der Waals surface area contributed by atoms with Crippen molar-refractivity contribution in [2.75, 3.05) is 26.0 Å². The van der Waals surface area contributed by atoms with E-state index >= 15 is 0 Å². The molecule has 4 aromatic heterocycles. The molecule has 33 heavy (non-hydrogen) atoms. The van der Waals surface area contributed by atoms with Gasteiger partial charge in [0.05, 0.1) is 13.3 Å². The van der Waals surface area contributed by atoms with Crippen molar-refractivity contribution in [1.82, 2.24) is 29.6 Å². The molecule has 0 radical (unpaired) electrons. The number of likely N-dealkylation sites (N-methyl/N-ethyl adjacent to an activating group) is 1. The molecule has 1 unspecified atom stereocenters. The van der Waals surface area contributed by atoms with E-state index in [9.17, 15) is 0 Å². The van der Waals surface area contributed by atoms with E-state index in [1.807, 2.05) is 49.8 Å². The maximum atomic E-state index is 6.33. The van der Waals surface area contributed by atoms with E-state index in [1.165, 1.54) is 0 Å². The van der Waals surface area contributed by atoms with E-state index < -0.39 is 0 Å². The lowest BCUT2D eigenvalue weighted by Gasteiger charge is -2.17. The summed E-state index contributed by atoms with van der Waals surface area (Å²) in [6.45, 7) is 3.51. The third kappa shape index (κ3) is 4.53. The summed E-state index contributed by atoms with van der Waals surface area (Å²) in [5, 5.41) is 10.5. The first kappa shape index (κ1) is 21.4. The highest BCUT2D eigenvalue weighted by atomic mass is 32.1. The lowest BCUT2D eigenvalue weighted by atomic mass is 10.1. The average Bonchev–Trinajstić information content (AvgIpc) is 3.39. The Morgan fingerprint density at radius 2 is 1.94 bits per heavy atom. The van der Waals surface area contributed by atoms with Crippen molar-refractivity contribution in [2.45, 2.75) is 19.6 Å². The molecule has 5 rings (SSSR count). The number of aryl methyl sites for hydroxylation is 2. The number of nitrogens with one attached hydrogen (secondary N) is 1. The van der Waals surface area contributed by atoms with Crippen LogP contribution in [0, 0.1) is 6.92 Å². The number of methoxy groups -OCH3 is 1. The minimum absolute atomic E-state index is 0.158. The zero-order valence-corrected chi connectivity index (χ0v) is 19.8. The quantitative estimate of drug-likeness (QED) is 0.476. The SMILES string of the molecule is COc1nc(Nc2ccc3c(n2)OC(c2nc(C)cs2)CN(C)C3)ccc1-c1cnn(C)c1. The highest BCUT2D eigenvalue weighted by molar-refractivity contribution is 7.09. The van der Waals surface area contributed by atoms with E-state index in [1.54, 1.807) is 29.3 Å². The zero-order valence-electron chi connectivity index (χ0n) is 18.9. The molecule has 1 aliphatic heterocycles. The van der Waals surface area contributed by atoms with Crippen LogP contribution in [0.4, 0.5) is 11.6 Å². The van der Waals surface area contributed by atoms with Crippen molar-refractivity contribution < 1.29 is 9.47 Å². The molecular weight excluding hydrogens is 438 g/mol. The molecule has 5 heterocycles. The van der Waals surface area contributed by atoms with Gasteiger partial charge in [0.15, 0.2) is 6.10 Å². The Kier molecular flexibility index (Phi) is 5.69. The molecule has 10 heteroatoms. The number of hydrogen-bond donors (Lipinski definition) is 1. The monoisotopic (exact) mass is 463 g/mol. The Labute approximate surface area is 196 Å². The number of anilines is 2. The molecular formula is C23H25N7O2S. The molecule has 0 saturated carbocycles. The van der Waals surface area contributed by atoms with Gasteiger partial charge in [-0.25, -0.2) is 4.98 Å². The lowest BCUT2D eigenvalue weighted by Crippen LogP contribution is -2.24. The highest BCUT2D eigenvalue weighted by Crippen LogP contribution is 2.33. The van der Waals surface area contributed by atoms with Gasteiger partial charge in [-0.2, -0.15) is 15.1 Å². The second kappa shape index (κ2) is 8.80. The summed E-state index contributed by atoms with van der Waals surface area (Å²) in [5.41, 5.74) is 3.86. The van der Waals surface area contributed by atoms with Gasteiger partial charge in [0, 0.05) is 54.1 Å². The Balaban J connectivity index is 1.40. The van der Waals surface area contributed by atoms with Gasteiger partial charge in [-0.05, 0) is 38.2 Å². The van der Waals surface area contributed by atoms with Crippen molar-refractivity contribution in [3.05, 3.63) is 58.3 Å². The third-order valence-electron chi connectivity index (χ3n) is 5.35. The van der Waals surface area contributed by atoms with Crippen LogP contribution in [0.2, 0.25) is 0 Å². The molecule has 0 aliphatic carbocycles. The van der Waals surface area contributed by atoms with E-state index in [-0.39, 0.29) is 6.10 Å². The predicted octanol–water partition coefficient (Wildman–Crippen LogP) is 3.96. The van der Waals surface area contributed by atoms with Gasteiger partial charge in [0.25, 0.3) is 0 Å². The fraction of sp³-hybridized carbons (Fsp3) is 0.304. The van der Waals surface area contributed by atoms with Gasteiger partial charge in [0.1, 0.15) is 16.6 Å². The van der Waals surface area contributed by atoms with Crippen LogP contribution in [-0.4, -0.2) is 50.3 Å². The Morgan fingerprint density at radius 1 is 1.12 bits per heavy atom. The summed E-state index contributed by atoms with van der Waals surface area (Å²) < 4.78 is 13.6. The summed E-state index contributed by atoms with van der Waals surface area (Å²) in [6.07, 6.45) is 3.56. The predicted molar refractivity (Wildman–Crippen MR) is 127 cm³/mol. The van der Waals surface area contributed by atoms with Crippen molar-refractivity contribution in [3.8, 4) is 22.9 Å². The van der Waals surface area contributed by atoms with Crippen LogP contribution in [0.1, 0.15) is 22.4 Å². The van der Waals surface area contributed by atoms with Crippen LogP contribution in [0.15, 0.2) is 42.0 Å². The number of rotatable bonds is 5. The average molecular weight is 464 g/mol. The summed E-state index contributed by atoms with van der Waals surface area (Å²) in [6, 6.07) is 7.83. The second-order valence-electron chi connectivity index (χ2n) is 8.07. The zero-order chi connectivity index (χ0) is 22.9. The number of hydrogen-bond acceptors (Lipinski definition) is 9. The van der Waals surface area contributed by atoms with Crippen molar-refractivity contribution in [3.63, 3.8) is 0 Å². The maximum absolute atomic E-state index is 6.33. The van der Waals surface area contributed by atoms with Crippen LogP contribution in [0.3, 0.4) is 0 Å². The highest BCUT2D eigenvalue weighted by Gasteiger charge is 2.26. The minimum atomic E-state index is -0.158. The molecule has 1 atom stereocenters. The Bertz CT molecular complexity index is 1290. The van der Waals surface area contributed by atoms with Gasteiger partial charge in [-0.1, -0.05) is 0 Å². The number of fused-ring (bicyclic) bond motifs is 1. The number of ether oxygens (including phenoxy) is 2. The second-order valence-corrected chi connectivity index (χ2v) is 8.96. The molecule has 0 spiro atoms. The fourth-order valence-corrected chi connectivity index (χ4v) is 4.61. The molecule has 9 nitrogen and oxygen atoms in total. The van der Waals surface area contributed by atoms with Crippen LogP contribution in [0.5, 0.6) is 11.8 Å². The van der Waals surface area contributed by atoms with E-state index in [0.29, 0.717) is 23.4 Å². The first-order valence-corrected chi connectivity index (χ1v) is 11.4. The van der Waals surface area contributed by atoms with Gasteiger partial charge < -0.3 is 14.8 Å². The number of thiazole rings is 1. The van der Waals surface area contributed by atoms with E-state index in [4.69, 9.17) is 14.5 Å². The van der Waals surface area contributed by atoms with Gasteiger partial charge >= 0.3 is 0 Å². The minimum Gasteiger partial charge on any atom is -0.480 e. The Hall–Kier alpha value is -3.50. The summed E-state index contributed by atoms with van der Waals surface area (Å²) in [4.78, 5) is 16.2. The molecule has 0 amide bonds. The lowest BCUT2D eigenvalue weighted by molar-refractivity contribution is 0.159. The number of aromatic nitrogens is 5. The summed E-state index contributed by atoms with van der Waals surface area (Å²) in [5.74, 6) is 2.40. The molecule has 170 valence electrons. The van der Waals surface area contributed by atoms with Gasteiger partial charge in [-0.3, -0.25) is 9.58 Å². The molecule has 0 aromatic carbocycles. The standard InChI is InChI=1S/C23H25N7O2S/c1-14-13-33-23(25-14)18-12-29(2)10-15-5-7-19(27-21(15)32-18)26-20-8-6-17(22(28-20)31-4)16-9-24-30(3)11-16/h5-9,11,13,18H,10,12H2,1-4H3,(H,26,27,28). The third-order valence-corrected chi connectivity index (χ3v) is 6.40.